The number of anilines is 1. The highest BCUT2D eigenvalue weighted by Gasteiger charge is 2.15. The second-order valence-corrected chi connectivity index (χ2v) is 10.6. The molecule has 0 aromatic heterocycles. The molecule has 3 aromatic rings. The van der Waals surface area contributed by atoms with Gasteiger partial charge in [-0.25, -0.2) is 13.1 Å². The molecule has 7 nitrogen and oxygen atoms in total. The summed E-state index contributed by atoms with van der Waals surface area (Å²) in [5, 5.41) is 5.67. The van der Waals surface area contributed by atoms with E-state index < -0.39 is 10.0 Å². The molecule has 0 aliphatic carbocycles. The number of rotatable bonds is 13. The molecule has 37 heavy (non-hydrogen) atoms. The van der Waals surface area contributed by atoms with E-state index in [1.807, 2.05) is 36.4 Å². The molecule has 3 aromatic carbocycles. The van der Waals surface area contributed by atoms with E-state index >= 15 is 0 Å². The van der Waals surface area contributed by atoms with Crippen molar-refractivity contribution in [2.24, 2.45) is 0 Å². The topological polar surface area (TPSA) is 96.5 Å². The maximum absolute atomic E-state index is 12.8. The third kappa shape index (κ3) is 9.27. The Hall–Kier alpha value is -3.27. The Bertz CT molecular complexity index is 1260. The summed E-state index contributed by atoms with van der Waals surface area (Å²) in [6.07, 6.45) is 4.91. The van der Waals surface area contributed by atoms with Gasteiger partial charge in [-0.05, 0) is 67.0 Å². The van der Waals surface area contributed by atoms with Crippen LogP contribution in [0.3, 0.4) is 0 Å². The second kappa shape index (κ2) is 14.5. The average Bonchev–Trinajstić information content (AvgIpc) is 2.89. The van der Waals surface area contributed by atoms with Crippen molar-refractivity contribution < 1.29 is 17.9 Å². The molecule has 0 spiro atoms. The lowest BCUT2D eigenvalue weighted by Crippen LogP contribution is -2.34. The normalized spacial score (nSPS) is 11.1. The number of ether oxygens (including phenoxy) is 1. The number of unbranched alkanes of at least 4 members (excludes halogenated alkanes) is 3. The van der Waals surface area contributed by atoms with Gasteiger partial charge in [0.2, 0.25) is 10.0 Å². The van der Waals surface area contributed by atoms with E-state index in [1.165, 1.54) is 12.1 Å². The minimum absolute atomic E-state index is 0.0966. The monoisotopic (exact) mass is 539 g/mol. The maximum atomic E-state index is 12.8. The summed E-state index contributed by atoms with van der Waals surface area (Å²) in [5.41, 5.74) is 2.00. The standard InChI is InChI=1S/C28H33N3O4S2/c1-2-3-4-10-21-35-26-14-9-8-13-25(26)27(32)31-28(36)30-23-15-17-24(18-16-23)37(33,34)29-20-19-22-11-6-5-7-12-22/h5-9,11-18,29H,2-4,10,19-21H2,1H3,(H2,30,31,32,36). The molecular formula is C28H33N3O4S2. The number of carbonyl (C=O) groups is 1. The highest BCUT2D eigenvalue weighted by Crippen LogP contribution is 2.19. The van der Waals surface area contributed by atoms with Gasteiger partial charge in [0.05, 0.1) is 17.1 Å². The van der Waals surface area contributed by atoms with Gasteiger partial charge in [0.25, 0.3) is 5.91 Å². The molecule has 0 heterocycles. The number of sulfonamides is 1. The summed E-state index contributed by atoms with van der Waals surface area (Å²) in [4.78, 5) is 12.9. The number of thiocarbonyl (C=S) groups is 1. The minimum Gasteiger partial charge on any atom is -0.493 e. The van der Waals surface area contributed by atoms with E-state index in [9.17, 15) is 13.2 Å². The summed E-state index contributed by atoms with van der Waals surface area (Å²) >= 11 is 5.29. The second-order valence-electron chi connectivity index (χ2n) is 8.47. The molecule has 0 atom stereocenters. The van der Waals surface area contributed by atoms with Gasteiger partial charge in [-0.1, -0.05) is 68.7 Å². The quantitative estimate of drug-likeness (QED) is 0.202. The molecule has 196 valence electrons. The van der Waals surface area contributed by atoms with Crippen molar-refractivity contribution in [3.63, 3.8) is 0 Å². The lowest BCUT2D eigenvalue weighted by atomic mass is 10.2. The van der Waals surface area contributed by atoms with Crippen LogP contribution >= 0.6 is 12.2 Å². The fraction of sp³-hybridized carbons (Fsp3) is 0.286. The van der Waals surface area contributed by atoms with Gasteiger partial charge in [-0.15, -0.1) is 0 Å². The Morgan fingerprint density at radius 2 is 1.59 bits per heavy atom. The van der Waals surface area contributed by atoms with Crippen LogP contribution in [-0.4, -0.2) is 32.6 Å². The van der Waals surface area contributed by atoms with Crippen LogP contribution in [0.5, 0.6) is 5.75 Å². The molecule has 1 amide bonds. The van der Waals surface area contributed by atoms with Gasteiger partial charge >= 0.3 is 0 Å². The van der Waals surface area contributed by atoms with Crippen LogP contribution in [-0.2, 0) is 16.4 Å². The van der Waals surface area contributed by atoms with Crippen molar-refractivity contribution in [3.05, 3.63) is 90.0 Å². The van der Waals surface area contributed by atoms with Gasteiger partial charge in [0.1, 0.15) is 5.75 Å². The largest absolute Gasteiger partial charge is 0.493 e. The van der Waals surface area contributed by atoms with E-state index in [0.717, 1.165) is 31.2 Å². The molecule has 0 fully saturated rings. The summed E-state index contributed by atoms with van der Waals surface area (Å²) in [5.74, 6) is 0.122. The highest BCUT2D eigenvalue weighted by molar-refractivity contribution is 7.89. The van der Waals surface area contributed by atoms with Gasteiger partial charge in [0.15, 0.2) is 5.11 Å². The van der Waals surface area contributed by atoms with Crippen LogP contribution in [0.1, 0.15) is 48.5 Å². The zero-order chi connectivity index (χ0) is 26.5. The van der Waals surface area contributed by atoms with Crippen molar-refractivity contribution in [2.75, 3.05) is 18.5 Å². The van der Waals surface area contributed by atoms with E-state index in [-0.39, 0.29) is 15.9 Å². The lowest BCUT2D eigenvalue weighted by molar-refractivity contribution is 0.0973. The third-order valence-corrected chi connectivity index (χ3v) is 7.27. The predicted molar refractivity (Wildman–Crippen MR) is 152 cm³/mol. The van der Waals surface area contributed by atoms with Gasteiger partial charge in [0, 0.05) is 12.2 Å². The number of hydrogen-bond donors (Lipinski definition) is 3. The SMILES string of the molecule is CCCCCCOc1ccccc1C(=O)NC(=S)Nc1ccc(S(=O)(=O)NCCc2ccccc2)cc1. The Labute approximate surface area is 224 Å². The number of para-hydroxylation sites is 1. The minimum atomic E-state index is -3.64. The summed E-state index contributed by atoms with van der Waals surface area (Å²) in [6.45, 7) is 2.99. The van der Waals surface area contributed by atoms with Crippen LogP contribution in [0.25, 0.3) is 0 Å². The molecular weight excluding hydrogens is 506 g/mol. The Balaban J connectivity index is 1.51. The number of carbonyl (C=O) groups excluding carboxylic acids is 1. The van der Waals surface area contributed by atoms with Crippen LogP contribution in [0.15, 0.2) is 83.8 Å². The van der Waals surface area contributed by atoms with E-state index in [4.69, 9.17) is 17.0 Å². The molecule has 0 radical (unpaired) electrons. The predicted octanol–water partition coefficient (Wildman–Crippen LogP) is 5.29. The van der Waals surface area contributed by atoms with Crippen molar-refractivity contribution >= 4 is 38.9 Å². The molecule has 0 bridgehead atoms. The summed E-state index contributed by atoms with van der Waals surface area (Å²) in [7, 11) is -3.64. The molecule has 0 unspecified atom stereocenters. The maximum Gasteiger partial charge on any atom is 0.261 e. The average molecular weight is 540 g/mol. The zero-order valence-corrected chi connectivity index (χ0v) is 22.5. The molecule has 0 aliphatic rings. The smallest absolute Gasteiger partial charge is 0.261 e. The van der Waals surface area contributed by atoms with Crippen LogP contribution < -0.4 is 20.1 Å². The van der Waals surface area contributed by atoms with E-state index in [0.29, 0.717) is 36.6 Å². The van der Waals surface area contributed by atoms with Crippen molar-refractivity contribution in [3.8, 4) is 5.75 Å². The van der Waals surface area contributed by atoms with E-state index in [2.05, 4.69) is 22.3 Å². The molecule has 3 N–H and O–H groups in total. The molecule has 9 heteroatoms. The summed E-state index contributed by atoms with van der Waals surface area (Å²) in [6, 6.07) is 22.9. The first-order valence-electron chi connectivity index (χ1n) is 12.4. The summed E-state index contributed by atoms with van der Waals surface area (Å²) < 4.78 is 33.6. The molecule has 0 saturated carbocycles. The Morgan fingerprint density at radius 1 is 0.892 bits per heavy atom. The van der Waals surface area contributed by atoms with Gasteiger partial charge in [-0.3, -0.25) is 10.1 Å². The molecule has 0 saturated heterocycles. The Morgan fingerprint density at radius 3 is 2.32 bits per heavy atom. The van der Waals surface area contributed by atoms with Gasteiger partial charge < -0.3 is 10.1 Å². The van der Waals surface area contributed by atoms with E-state index in [1.54, 1.807) is 30.3 Å². The zero-order valence-electron chi connectivity index (χ0n) is 20.9. The first kappa shape index (κ1) is 28.3. The molecule has 3 rings (SSSR count). The highest BCUT2D eigenvalue weighted by atomic mass is 32.2. The molecule has 0 aliphatic heterocycles. The number of benzene rings is 3. The number of hydrogen-bond acceptors (Lipinski definition) is 5. The number of amides is 1. The van der Waals surface area contributed by atoms with Crippen molar-refractivity contribution in [2.45, 2.75) is 43.9 Å². The Kier molecular flexibility index (Phi) is 11.1. The number of nitrogens with one attached hydrogen (secondary N) is 3. The van der Waals surface area contributed by atoms with Crippen molar-refractivity contribution in [1.82, 2.24) is 10.0 Å². The van der Waals surface area contributed by atoms with Gasteiger partial charge in [-0.2, -0.15) is 0 Å². The van der Waals surface area contributed by atoms with Crippen LogP contribution in [0.2, 0.25) is 0 Å². The first-order chi connectivity index (χ1) is 17.9. The van der Waals surface area contributed by atoms with Crippen LogP contribution in [0.4, 0.5) is 5.69 Å². The first-order valence-corrected chi connectivity index (χ1v) is 14.3. The third-order valence-electron chi connectivity index (χ3n) is 5.59. The van der Waals surface area contributed by atoms with Crippen molar-refractivity contribution in [1.29, 1.82) is 0 Å². The lowest BCUT2D eigenvalue weighted by Gasteiger charge is -2.13. The van der Waals surface area contributed by atoms with Crippen LogP contribution in [0, 0.1) is 0 Å². The fourth-order valence-corrected chi connectivity index (χ4v) is 4.84. The fourth-order valence-electron chi connectivity index (χ4n) is 3.60.